The van der Waals surface area contributed by atoms with E-state index in [2.05, 4.69) is 21.2 Å². The largest absolute Gasteiger partial charge is 0.397 e. The molecule has 3 N–H and O–H groups in total. The van der Waals surface area contributed by atoms with E-state index in [0.717, 1.165) is 10.0 Å². The van der Waals surface area contributed by atoms with Crippen molar-refractivity contribution in [2.45, 2.75) is 6.92 Å². The lowest BCUT2D eigenvalue weighted by Crippen LogP contribution is -2.14. The van der Waals surface area contributed by atoms with Gasteiger partial charge in [0, 0.05) is 10.0 Å². The fourth-order valence-corrected chi connectivity index (χ4v) is 2.14. The number of nitrogens with one attached hydrogen (secondary N) is 1. The molecule has 0 saturated carbocycles. The fraction of sp³-hybridized carbons (Fsp3) is 0.0667. The second-order valence-corrected chi connectivity index (χ2v) is 5.24. The molecule has 5 heteroatoms. The van der Waals surface area contributed by atoms with Crippen molar-refractivity contribution in [2.24, 2.45) is 0 Å². The minimum absolute atomic E-state index is 0.236. The Bertz CT molecular complexity index is 720. The van der Waals surface area contributed by atoms with Crippen LogP contribution in [0.25, 0.3) is 0 Å². The van der Waals surface area contributed by atoms with Gasteiger partial charge in [-0.15, -0.1) is 0 Å². The molecule has 0 atom stereocenters. The summed E-state index contributed by atoms with van der Waals surface area (Å²) >= 11 is 3.34. The number of carbonyl (C=O) groups excluding carboxylic acids is 1. The van der Waals surface area contributed by atoms with E-state index < -0.39 is 0 Å². The zero-order valence-electron chi connectivity index (χ0n) is 10.8. The first kappa shape index (κ1) is 14.1. The Morgan fingerprint density at radius 1 is 1.30 bits per heavy atom. The third kappa shape index (κ3) is 2.98. The zero-order valence-corrected chi connectivity index (χ0v) is 12.4. The van der Waals surface area contributed by atoms with Crippen LogP contribution in [0.2, 0.25) is 0 Å². The van der Waals surface area contributed by atoms with Gasteiger partial charge in [-0.05, 0) is 42.8 Å². The lowest BCUT2D eigenvalue weighted by Gasteiger charge is -2.10. The predicted molar refractivity (Wildman–Crippen MR) is 82.4 cm³/mol. The Balaban J connectivity index is 2.28. The van der Waals surface area contributed by atoms with Gasteiger partial charge < -0.3 is 11.1 Å². The van der Waals surface area contributed by atoms with Crippen molar-refractivity contribution in [3.8, 4) is 6.07 Å². The van der Waals surface area contributed by atoms with Gasteiger partial charge in [-0.2, -0.15) is 5.26 Å². The summed E-state index contributed by atoms with van der Waals surface area (Å²) in [6.45, 7) is 1.86. The maximum absolute atomic E-state index is 12.2. The molecule has 20 heavy (non-hydrogen) atoms. The molecule has 0 aliphatic heterocycles. The van der Waals surface area contributed by atoms with Crippen LogP contribution in [0.4, 0.5) is 11.4 Å². The van der Waals surface area contributed by atoms with Gasteiger partial charge in [-0.1, -0.05) is 22.0 Å². The van der Waals surface area contributed by atoms with Gasteiger partial charge in [-0.25, -0.2) is 0 Å². The van der Waals surface area contributed by atoms with Crippen molar-refractivity contribution in [1.82, 2.24) is 0 Å². The topological polar surface area (TPSA) is 78.9 Å². The number of rotatable bonds is 2. The number of nitrogens with zero attached hydrogens (tertiary/aromatic N) is 1. The minimum Gasteiger partial charge on any atom is -0.397 e. The Hall–Kier alpha value is -2.32. The highest BCUT2D eigenvalue weighted by Gasteiger charge is 2.11. The van der Waals surface area contributed by atoms with Crippen LogP contribution in [-0.4, -0.2) is 5.91 Å². The molecule has 0 radical (unpaired) electrons. The normalized spacial score (nSPS) is 9.85. The van der Waals surface area contributed by atoms with Crippen molar-refractivity contribution in [2.75, 3.05) is 11.1 Å². The monoisotopic (exact) mass is 329 g/mol. The molecule has 0 aliphatic carbocycles. The number of benzene rings is 2. The van der Waals surface area contributed by atoms with E-state index in [1.165, 1.54) is 6.07 Å². The van der Waals surface area contributed by atoms with Crippen LogP contribution in [-0.2, 0) is 0 Å². The van der Waals surface area contributed by atoms with Gasteiger partial charge in [0.05, 0.1) is 23.0 Å². The summed E-state index contributed by atoms with van der Waals surface area (Å²) in [6.07, 6.45) is 0. The molecule has 2 aromatic carbocycles. The van der Waals surface area contributed by atoms with E-state index >= 15 is 0 Å². The van der Waals surface area contributed by atoms with E-state index in [1.807, 2.05) is 25.1 Å². The lowest BCUT2D eigenvalue weighted by molar-refractivity contribution is 0.102. The highest BCUT2D eigenvalue weighted by Crippen LogP contribution is 2.22. The predicted octanol–water partition coefficient (Wildman–Crippen LogP) is 3.46. The first-order valence-electron chi connectivity index (χ1n) is 5.88. The zero-order chi connectivity index (χ0) is 14.7. The van der Waals surface area contributed by atoms with Gasteiger partial charge in [0.1, 0.15) is 0 Å². The first-order chi connectivity index (χ1) is 9.51. The molecule has 2 aromatic rings. The molecule has 0 heterocycles. The number of aryl methyl sites for hydroxylation is 1. The third-order valence-corrected chi connectivity index (χ3v) is 3.37. The molecule has 0 spiro atoms. The molecule has 1 amide bonds. The molecule has 4 nitrogen and oxygen atoms in total. The number of amides is 1. The van der Waals surface area contributed by atoms with Crippen LogP contribution in [0.15, 0.2) is 40.9 Å². The van der Waals surface area contributed by atoms with Crippen molar-refractivity contribution in [3.63, 3.8) is 0 Å². The summed E-state index contributed by atoms with van der Waals surface area (Å²) < 4.78 is 0.834. The molecule has 0 aliphatic rings. The smallest absolute Gasteiger partial charge is 0.256 e. The van der Waals surface area contributed by atoms with Crippen LogP contribution >= 0.6 is 15.9 Å². The highest BCUT2D eigenvalue weighted by atomic mass is 79.9. The van der Waals surface area contributed by atoms with E-state index in [4.69, 9.17) is 11.0 Å². The van der Waals surface area contributed by atoms with Crippen LogP contribution < -0.4 is 11.1 Å². The number of hydrogen-bond donors (Lipinski definition) is 2. The van der Waals surface area contributed by atoms with Crippen LogP contribution in [0, 0.1) is 18.3 Å². The van der Waals surface area contributed by atoms with Crippen molar-refractivity contribution in [3.05, 3.63) is 57.6 Å². The van der Waals surface area contributed by atoms with E-state index in [-0.39, 0.29) is 5.91 Å². The molecule has 100 valence electrons. The second kappa shape index (κ2) is 5.76. The molecule has 0 aromatic heterocycles. The molecule has 2 rings (SSSR count). The van der Waals surface area contributed by atoms with Crippen molar-refractivity contribution >= 4 is 33.2 Å². The maximum atomic E-state index is 12.2. The number of nitrogen functional groups attached to an aromatic ring is 1. The number of carbonyl (C=O) groups is 1. The van der Waals surface area contributed by atoms with Gasteiger partial charge in [0.15, 0.2) is 0 Å². The second-order valence-electron chi connectivity index (χ2n) is 4.33. The number of nitrogens with two attached hydrogens (primary N) is 1. The Morgan fingerprint density at radius 3 is 2.70 bits per heavy atom. The average molecular weight is 330 g/mol. The number of hydrogen-bond acceptors (Lipinski definition) is 3. The Morgan fingerprint density at radius 2 is 2.05 bits per heavy atom. The number of halogens is 1. The highest BCUT2D eigenvalue weighted by molar-refractivity contribution is 9.10. The van der Waals surface area contributed by atoms with Gasteiger partial charge in [0.2, 0.25) is 0 Å². The summed E-state index contributed by atoms with van der Waals surface area (Å²) in [4.78, 5) is 12.2. The molecule has 0 fully saturated rings. The lowest BCUT2D eigenvalue weighted by atomic mass is 10.1. The Labute approximate surface area is 125 Å². The number of anilines is 2. The van der Waals surface area contributed by atoms with E-state index in [9.17, 15) is 4.79 Å². The van der Waals surface area contributed by atoms with Gasteiger partial charge >= 0.3 is 0 Å². The van der Waals surface area contributed by atoms with Crippen LogP contribution in [0.5, 0.6) is 0 Å². The number of nitriles is 1. The average Bonchev–Trinajstić information content (AvgIpc) is 2.43. The van der Waals surface area contributed by atoms with Crippen LogP contribution in [0.3, 0.4) is 0 Å². The quantitative estimate of drug-likeness (QED) is 0.828. The van der Waals surface area contributed by atoms with Crippen molar-refractivity contribution in [1.29, 1.82) is 5.26 Å². The van der Waals surface area contributed by atoms with E-state index in [1.54, 1.807) is 18.2 Å². The fourth-order valence-electron chi connectivity index (χ4n) is 1.77. The van der Waals surface area contributed by atoms with Crippen molar-refractivity contribution < 1.29 is 4.79 Å². The maximum Gasteiger partial charge on any atom is 0.256 e. The molecular formula is C15H12BrN3O. The Kier molecular flexibility index (Phi) is 4.06. The molecule has 0 unspecified atom stereocenters. The molecular weight excluding hydrogens is 318 g/mol. The van der Waals surface area contributed by atoms with E-state index in [0.29, 0.717) is 22.5 Å². The van der Waals surface area contributed by atoms with Gasteiger partial charge in [0.25, 0.3) is 5.91 Å². The summed E-state index contributed by atoms with van der Waals surface area (Å²) in [7, 11) is 0. The molecule has 0 bridgehead atoms. The summed E-state index contributed by atoms with van der Waals surface area (Å²) in [5, 5.41) is 11.5. The minimum atomic E-state index is -0.236. The third-order valence-electron chi connectivity index (χ3n) is 2.87. The van der Waals surface area contributed by atoms with Gasteiger partial charge in [-0.3, -0.25) is 4.79 Å². The summed E-state index contributed by atoms with van der Waals surface area (Å²) in [6, 6.07) is 12.3. The summed E-state index contributed by atoms with van der Waals surface area (Å²) in [5.41, 5.74) is 8.58. The first-order valence-corrected chi connectivity index (χ1v) is 6.67. The SMILES string of the molecule is Cc1ccc(Br)cc1C(=O)Nc1ccc(C#N)cc1N. The standard InChI is InChI=1S/C15H12BrN3O/c1-9-2-4-11(16)7-12(9)15(20)19-14-5-3-10(8-17)6-13(14)18/h2-7H,18H2,1H3,(H,19,20). The van der Waals surface area contributed by atoms with Crippen LogP contribution in [0.1, 0.15) is 21.5 Å². The summed E-state index contributed by atoms with van der Waals surface area (Å²) in [5.74, 6) is -0.236. The molecule has 0 saturated heterocycles.